The lowest BCUT2D eigenvalue weighted by molar-refractivity contribution is -0.286. The second-order valence-corrected chi connectivity index (χ2v) is 6.68. The Kier molecular flexibility index (Phi) is 4.35. The smallest absolute Gasteiger partial charge is 0.395 e. The molecule has 0 saturated heterocycles. The number of anilines is 1. The van der Waals surface area contributed by atoms with Crippen LogP contribution in [-0.2, 0) is 11.3 Å². The van der Waals surface area contributed by atoms with Gasteiger partial charge in [0.15, 0.2) is 11.5 Å². The second kappa shape index (κ2) is 6.61. The first-order valence-electron chi connectivity index (χ1n) is 7.76. The van der Waals surface area contributed by atoms with E-state index in [2.05, 4.69) is 19.8 Å². The van der Waals surface area contributed by atoms with Crippen molar-refractivity contribution in [2.45, 2.75) is 12.8 Å². The molecule has 1 aliphatic heterocycles. The van der Waals surface area contributed by atoms with E-state index in [9.17, 15) is 18.4 Å². The van der Waals surface area contributed by atoms with Gasteiger partial charge in [0, 0.05) is 16.8 Å². The van der Waals surface area contributed by atoms with Gasteiger partial charge >= 0.3 is 6.29 Å². The Balaban J connectivity index is 1.55. The minimum absolute atomic E-state index is 0.147. The zero-order valence-electron chi connectivity index (χ0n) is 13.7. The molecule has 2 aromatic carbocycles. The molecule has 0 saturated carbocycles. The molecule has 0 radical (unpaired) electrons. The molecule has 7 nitrogen and oxygen atoms in total. The highest BCUT2D eigenvalue weighted by molar-refractivity contribution is 6.38. The van der Waals surface area contributed by atoms with Gasteiger partial charge in [0.25, 0.3) is 5.56 Å². The number of nitrogens with zero attached hydrogens (tertiary/aromatic N) is 2. The van der Waals surface area contributed by atoms with Crippen molar-refractivity contribution < 1.29 is 23.0 Å². The molecule has 0 unspecified atom stereocenters. The topological polar surface area (TPSA) is 82.5 Å². The molecule has 3 aromatic rings. The zero-order valence-corrected chi connectivity index (χ0v) is 15.2. The number of halogens is 4. The highest BCUT2D eigenvalue weighted by Crippen LogP contribution is 2.42. The van der Waals surface area contributed by atoms with Gasteiger partial charge in [-0.05, 0) is 24.3 Å². The molecule has 2 heterocycles. The van der Waals surface area contributed by atoms with E-state index >= 15 is 0 Å². The normalized spacial score (nSPS) is 14.3. The van der Waals surface area contributed by atoms with Gasteiger partial charge < -0.3 is 14.8 Å². The highest BCUT2D eigenvalue weighted by Gasteiger charge is 2.43. The SMILES string of the molecule is O=C(Cn1cnc2c(Cl)cc(Cl)cc2c1=O)Nc1ccc2c(c1)OC(F)(F)O2. The Hall–Kier alpha value is -2.91. The van der Waals surface area contributed by atoms with Crippen molar-refractivity contribution in [2.24, 2.45) is 0 Å². The lowest BCUT2D eigenvalue weighted by Crippen LogP contribution is -2.28. The van der Waals surface area contributed by atoms with Crippen molar-refractivity contribution in [3.63, 3.8) is 0 Å². The van der Waals surface area contributed by atoms with Gasteiger partial charge in [-0.3, -0.25) is 14.2 Å². The molecular weight excluding hydrogens is 419 g/mol. The van der Waals surface area contributed by atoms with E-state index in [1.54, 1.807) is 0 Å². The Morgan fingerprint density at radius 2 is 1.93 bits per heavy atom. The van der Waals surface area contributed by atoms with Crippen LogP contribution in [0.15, 0.2) is 41.5 Å². The first kappa shape index (κ1) is 18.5. The average Bonchev–Trinajstić information content (AvgIpc) is 2.91. The number of ether oxygens (including phenoxy) is 2. The minimum atomic E-state index is -3.75. The Morgan fingerprint density at radius 1 is 1.18 bits per heavy atom. The van der Waals surface area contributed by atoms with Crippen LogP contribution in [0.1, 0.15) is 0 Å². The number of rotatable bonds is 3. The average molecular weight is 428 g/mol. The predicted octanol–water partition coefficient (Wildman–Crippen LogP) is 3.66. The number of fused-ring (bicyclic) bond motifs is 2. The highest BCUT2D eigenvalue weighted by atomic mass is 35.5. The lowest BCUT2D eigenvalue weighted by atomic mass is 10.2. The van der Waals surface area contributed by atoms with E-state index in [0.717, 1.165) is 4.57 Å². The second-order valence-electron chi connectivity index (χ2n) is 5.84. The number of benzene rings is 2. The van der Waals surface area contributed by atoms with Gasteiger partial charge in [-0.15, -0.1) is 8.78 Å². The molecule has 4 rings (SSSR count). The van der Waals surface area contributed by atoms with Crippen LogP contribution in [0.4, 0.5) is 14.5 Å². The molecule has 1 aliphatic rings. The Morgan fingerprint density at radius 3 is 2.71 bits per heavy atom. The molecule has 1 N–H and O–H groups in total. The van der Waals surface area contributed by atoms with Gasteiger partial charge in [-0.25, -0.2) is 4.98 Å². The van der Waals surface area contributed by atoms with Crippen LogP contribution >= 0.6 is 23.2 Å². The van der Waals surface area contributed by atoms with Crippen LogP contribution < -0.4 is 20.3 Å². The van der Waals surface area contributed by atoms with E-state index < -0.39 is 17.8 Å². The Labute approximate surface area is 165 Å². The Bertz CT molecular complexity index is 1180. The summed E-state index contributed by atoms with van der Waals surface area (Å²) in [5, 5.41) is 3.13. The first-order valence-corrected chi connectivity index (χ1v) is 8.51. The lowest BCUT2D eigenvalue weighted by Gasteiger charge is -2.09. The van der Waals surface area contributed by atoms with Crippen LogP contribution in [0, 0.1) is 0 Å². The summed E-state index contributed by atoms with van der Waals surface area (Å²) >= 11 is 11.9. The van der Waals surface area contributed by atoms with Crippen molar-refractivity contribution in [2.75, 3.05) is 5.32 Å². The van der Waals surface area contributed by atoms with Crippen LogP contribution in [0.2, 0.25) is 10.0 Å². The predicted molar refractivity (Wildman–Crippen MR) is 97.3 cm³/mol. The minimum Gasteiger partial charge on any atom is -0.395 e. The maximum atomic E-state index is 13.1. The quantitative estimate of drug-likeness (QED) is 0.689. The van der Waals surface area contributed by atoms with E-state index in [4.69, 9.17) is 23.2 Å². The van der Waals surface area contributed by atoms with Crippen LogP contribution in [0.25, 0.3) is 10.9 Å². The summed E-state index contributed by atoms with van der Waals surface area (Å²) in [5.41, 5.74) is -0.0442. The number of aromatic nitrogens is 2. The van der Waals surface area contributed by atoms with Gasteiger partial charge in [-0.1, -0.05) is 23.2 Å². The third-order valence-corrected chi connectivity index (χ3v) is 4.35. The van der Waals surface area contributed by atoms with Crippen molar-refractivity contribution in [3.05, 3.63) is 57.1 Å². The molecule has 11 heteroatoms. The molecule has 0 spiro atoms. The third kappa shape index (κ3) is 3.46. The van der Waals surface area contributed by atoms with Crippen molar-refractivity contribution >= 4 is 45.7 Å². The number of nitrogens with one attached hydrogen (secondary N) is 1. The molecule has 1 aromatic heterocycles. The van der Waals surface area contributed by atoms with Crippen LogP contribution in [-0.4, -0.2) is 21.8 Å². The fraction of sp³-hybridized carbons (Fsp3) is 0.118. The number of carbonyl (C=O) groups is 1. The summed E-state index contributed by atoms with van der Waals surface area (Å²) < 4.78 is 35.8. The standard InChI is InChI=1S/C17H9Cl2F2N3O4/c18-8-3-10-15(11(19)4-8)22-7-24(16(10)26)6-14(25)23-9-1-2-12-13(5-9)28-17(20,21)27-12/h1-5,7H,6H2,(H,23,25). The van der Waals surface area contributed by atoms with Gasteiger partial charge in [0.1, 0.15) is 6.54 Å². The molecular formula is C17H9Cl2F2N3O4. The zero-order chi connectivity index (χ0) is 20.1. The van der Waals surface area contributed by atoms with Crippen molar-refractivity contribution in [3.8, 4) is 11.5 Å². The summed E-state index contributed by atoms with van der Waals surface area (Å²) in [6.45, 7) is -0.365. The van der Waals surface area contributed by atoms with Crippen molar-refractivity contribution in [1.82, 2.24) is 9.55 Å². The van der Waals surface area contributed by atoms with E-state index in [1.165, 1.54) is 36.7 Å². The maximum absolute atomic E-state index is 13.1. The first-order chi connectivity index (χ1) is 13.2. The van der Waals surface area contributed by atoms with Crippen LogP contribution in [0.5, 0.6) is 11.5 Å². The molecule has 1 amide bonds. The number of hydrogen-bond donors (Lipinski definition) is 1. The van der Waals surface area contributed by atoms with E-state index in [0.29, 0.717) is 0 Å². The summed E-state index contributed by atoms with van der Waals surface area (Å²) in [5.74, 6) is -0.940. The molecule has 0 atom stereocenters. The van der Waals surface area contributed by atoms with Crippen LogP contribution in [0.3, 0.4) is 0 Å². The summed E-state index contributed by atoms with van der Waals surface area (Å²) in [7, 11) is 0. The van der Waals surface area contributed by atoms with Gasteiger partial charge in [0.05, 0.1) is 22.3 Å². The molecule has 28 heavy (non-hydrogen) atoms. The third-order valence-electron chi connectivity index (χ3n) is 3.84. The molecule has 0 bridgehead atoms. The number of amides is 1. The fourth-order valence-electron chi connectivity index (χ4n) is 2.69. The number of hydrogen-bond acceptors (Lipinski definition) is 5. The van der Waals surface area contributed by atoms with Gasteiger partial charge in [0.2, 0.25) is 5.91 Å². The molecule has 0 aliphatic carbocycles. The molecule has 0 fully saturated rings. The number of carbonyl (C=O) groups excluding carboxylic acids is 1. The largest absolute Gasteiger partial charge is 0.586 e. The maximum Gasteiger partial charge on any atom is 0.586 e. The summed E-state index contributed by atoms with van der Waals surface area (Å²) in [6.07, 6.45) is -2.57. The van der Waals surface area contributed by atoms with E-state index in [-0.39, 0.29) is 44.7 Å². The molecule has 144 valence electrons. The van der Waals surface area contributed by atoms with Crippen molar-refractivity contribution in [1.29, 1.82) is 0 Å². The fourth-order valence-corrected chi connectivity index (χ4v) is 3.23. The monoisotopic (exact) mass is 427 g/mol. The van der Waals surface area contributed by atoms with E-state index in [1.807, 2.05) is 0 Å². The summed E-state index contributed by atoms with van der Waals surface area (Å²) in [4.78, 5) is 28.9. The number of alkyl halides is 2. The van der Waals surface area contributed by atoms with Gasteiger partial charge in [-0.2, -0.15) is 0 Å². The summed E-state index contributed by atoms with van der Waals surface area (Å²) in [6, 6.07) is 6.65.